The molecule has 2 aromatic heterocycles. The summed E-state index contributed by atoms with van der Waals surface area (Å²) in [6.07, 6.45) is 8.34. The van der Waals surface area contributed by atoms with Crippen molar-refractivity contribution >= 4 is 17.2 Å². The minimum absolute atomic E-state index is 0.00290. The maximum atomic E-state index is 12.5. The zero-order valence-electron chi connectivity index (χ0n) is 13.6. The van der Waals surface area contributed by atoms with E-state index in [0.29, 0.717) is 11.5 Å². The molecule has 1 amide bonds. The number of nitrogens with one attached hydrogen (secondary N) is 1. The Morgan fingerprint density at radius 3 is 2.71 bits per heavy atom. The van der Waals surface area contributed by atoms with Crippen molar-refractivity contribution in [2.75, 3.05) is 13.1 Å². The fourth-order valence-electron chi connectivity index (χ4n) is 3.60. The molecule has 1 saturated heterocycles. The Hall–Kier alpha value is -1.95. The van der Waals surface area contributed by atoms with Gasteiger partial charge >= 0.3 is 0 Å². The Morgan fingerprint density at radius 1 is 1.21 bits per heavy atom. The summed E-state index contributed by atoms with van der Waals surface area (Å²) in [7, 11) is 0. The van der Waals surface area contributed by atoms with Crippen molar-refractivity contribution in [3.63, 3.8) is 0 Å². The summed E-state index contributed by atoms with van der Waals surface area (Å²) < 4.78 is 0. The predicted octanol–water partition coefficient (Wildman–Crippen LogP) is 2.73. The average molecular weight is 343 g/mol. The molecule has 0 bridgehead atoms. The normalized spacial score (nSPS) is 18.4. The highest BCUT2D eigenvalue weighted by atomic mass is 32.1. The van der Waals surface area contributed by atoms with Crippen LogP contribution in [0.4, 0.5) is 0 Å². The van der Waals surface area contributed by atoms with E-state index in [2.05, 4.69) is 4.98 Å². The Morgan fingerprint density at radius 2 is 2.00 bits per heavy atom. The third-order valence-electron chi connectivity index (χ3n) is 5.02. The molecule has 126 valence electrons. The second-order valence-corrected chi connectivity index (χ2v) is 7.75. The van der Waals surface area contributed by atoms with Gasteiger partial charge in [-0.3, -0.25) is 9.59 Å². The molecule has 1 aliphatic carbocycles. The molecule has 6 heteroatoms. The lowest BCUT2D eigenvalue weighted by Gasteiger charge is -2.31. The zero-order chi connectivity index (χ0) is 16.5. The van der Waals surface area contributed by atoms with E-state index in [1.165, 1.54) is 47.1 Å². The lowest BCUT2D eigenvalue weighted by molar-refractivity contribution is 0.0712. The van der Waals surface area contributed by atoms with Gasteiger partial charge in [-0.1, -0.05) is 0 Å². The highest BCUT2D eigenvalue weighted by Crippen LogP contribution is 2.35. The number of amides is 1. The van der Waals surface area contributed by atoms with Crippen LogP contribution in [0.3, 0.4) is 0 Å². The minimum atomic E-state index is -0.182. The second-order valence-electron chi connectivity index (χ2n) is 6.64. The number of hydrogen-bond donors (Lipinski definition) is 1. The van der Waals surface area contributed by atoms with Gasteiger partial charge in [-0.15, -0.1) is 11.3 Å². The third-order valence-corrected chi connectivity index (χ3v) is 6.34. The van der Waals surface area contributed by atoms with E-state index in [9.17, 15) is 9.59 Å². The Labute approximate surface area is 144 Å². The van der Waals surface area contributed by atoms with Gasteiger partial charge in [0.2, 0.25) is 5.56 Å². The van der Waals surface area contributed by atoms with Crippen molar-refractivity contribution in [1.29, 1.82) is 0 Å². The van der Waals surface area contributed by atoms with Gasteiger partial charge in [0, 0.05) is 36.1 Å². The molecule has 2 aromatic rings. The summed E-state index contributed by atoms with van der Waals surface area (Å²) in [5, 5.41) is 1.28. The topological polar surface area (TPSA) is 66.1 Å². The van der Waals surface area contributed by atoms with Crippen LogP contribution in [0.15, 0.2) is 23.1 Å². The minimum Gasteiger partial charge on any atom is -0.339 e. The van der Waals surface area contributed by atoms with Crippen molar-refractivity contribution in [2.24, 2.45) is 0 Å². The number of aryl methyl sites for hydroxylation is 2. The van der Waals surface area contributed by atoms with E-state index >= 15 is 0 Å². The lowest BCUT2D eigenvalue weighted by atomic mass is 9.97. The first-order valence-corrected chi connectivity index (χ1v) is 9.49. The fourth-order valence-corrected chi connectivity index (χ4v) is 4.92. The first-order valence-electron chi connectivity index (χ1n) is 8.67. The summed E-state index contributed by atoms with van der Waals surface area (Å²) in [5.41, 5.74) is 1.70. The maximum absolute atomic E-state index is 12.5. The summed E-state index contributed by atoms with van der Waals surface area (Å²) in [5.74, 6) is 0.489. The Bertz CT molecular complexity index is 759. The average Bonchev–Trinajstić information content (AvgIpc) is 3.06. The maximum Gasteiger partial charge on any atom is 0.255 e. The highest BCUT2D eigenvalue weighted by Gasteiger charge is 2.27. The van der Waals surface area contributed by atoms with Crippen molar-refractivity contribution < 1.29 is 4.79 Å². The molecule has 1 aliphatic heterocycles. The molecule has 5 nitrogen and oxygen atoms in total. The molecule has 1 fully saturated rings. The number of H-pyrrole nitrogens is 1. The molecule has 0 spiro atoms. The number of rotatable bonds is 2. The number of carbonyl (C=O) groups excluding carboxylic acids is 1. The first kappa shape index (κ1) is 15.6. The molecule has 0 unspecified atom stereocenters. The van der Waals surface area contributed by atoms with Crippen LogP contribution >= 0.6 is 11.3 Å². The highest BCUT2D eigenvalue weighted by molar-refractivity contribution is 7.11. The zero-order valence-corrected chi connectivity index (χ0v) is 14.4. The number of pyridine rings is 1. The largest absolute Gasteiger partial charge is 0.339 e. The van der Waals surface area contributed by atoms with Gasteiger partial charge in [-0.05, 0) is 44.6 Å². The van der Waals surface area contributed by atoms with Crippen molar-refractivity contribution in [2.45, 2.75) is 44.4 Å². The number of thiazole rings is 1. The van der Waals surface area contributed by atoms with Gasteiger partial charge in [-0.2, -0.15) is 0 Å². The second kappa shape index (κ2) is 6.51. The smallest absolute Gasteiger partial charge is 0.255 e. The number of nitrogens with zero attached hydrogens (tertiary/aromatic N) is 2. The molecule has 1 N–H and O–H groups in total. The molecule has 0 saturated carbocycles. The number of fused-ring (bicyclic) bond motifs is 1. The molecular weight excluding hydrogens is 322 g/mol. The van der Waals surface area contributed by atoms with Gasteiger partial charge in [0.15, 0.2) is 0 Å². The lowest BCUT2D eigenvalue weighted by Crippen LogP contribution is -2.38. The van der Waals surface area contributed by atoms with Gasteiger partial charge < -0.3 is 9.88 Å². The molecule has 3 heterocycles. The van der Waals surface area contributed by atoms with Gasteiger partial charge in [-0.25, -0.2) is 4.98 Å². The molecule has 0 atom stereocenters. The summed E-state index contributed by atoms with van der Waals surface area (Å²) in [6.45, 7) is 1.51. The summed E-state index contributed by atoms with van der Waals surface area (Å²) in [4.78, 5) is 34.5. The van der Waals surface area contributed by atoms with E-state index < -0.39 is 0 Å². The van der Waals surface area contributed by atoms with Crippen LogP contribution in [0.1, 0.15) is 57.5 Å². The summed E-state index contributed by atoms with van der Waals surface area (Å²) >= 11 is 1.90. The number of aromatic nitrogens is 2. The number of piperidine rings is 1. The molecule has 0 aromatic carbocycles. The van der Waals surface area contributed by atoms with Crippen LogP contribution in [0.5, 0.6) is 0 Å². The third kappa shape index (κ3) is 3.02. The van der Waals surface area contributed by atoms with Crippen LogP contribution in [0.25, 0.3) is 0 Å². The van der Waals surface area contributed by atoms with Crippen LogP contribution in [0.2, 0.25) is 0 Å². The van der Waals surface area contributed by atoms with Crippen molar-refractivity contribution in [1.82, 2.24) is 14.9 Å². The van der Waals surface area contributed by atoms with Crippen LogP contribution in [-0.4, -0.2) is 33.9 Å². The number of likely N-dealkylation sites (tertiary alicyclic amines) is 1. The standard InChI is InChI=1S/C18H21N3O2S/c22-16-6-5-13(11-19-16)18(23)21-9-7-12(8-10-21)17-20-14-3-1-2-4-15(14)24-17/h5-6,11-12H,1-4,7-10H2,(H,19,22). The van der Waals surface area contributed by atoms with Crippen molar-refractivity contribution in [3.8, 4) is 0 Å². The van der Waals surface area contributed by atoms with Gasteiger partial charge in [0.05, 0.1) is 16.3 Å². The van der Waals surface area contributed by atoms with Gasteiger partial charge in [0.25, 0.3) is 5.91 Å². The number of carbonyl (C=O) groups is 1. The van der Waals surface area contributed by atoms with E-state index in [-0.39, 0.29) is 11.5 Å². The molecular formula is C18H21N3O2S. The molecule has 24 heavy (non-hydrogen) atoms. The Kier molecular flexibility index (Phi) is 4.22. The van der Waals surface area contributed by atoms with Crippen LogP contribution in [0, 0.1) is 0 Å². The van der Waals surface area contributed by atoms with E-state index in [1.54, 1.807) is 6.07 Å². The van der Waals surface area contributed by atoms with Crippen LogP contribution < -0.4 is 5.56 Å². The van der Waals surface area contributed by atoms with E-state index in [4.69, 9.17) is 4.98 Å². The van der Waals surface area contributed by atoms with Gasteiger partial charge in [0.1, 0.15) is 0 Å². The molecule has 0 radical (unpaired) electrons. The quantitative estimate of drug-likeness (QED) is 0.912. The fraction of sp³-hybridized carbons (Fsp3) is 0.500. The van der Waals surface area contributed by atoms with E-state index in [0.717, 1.165) is 32.4 Å². The van der Waals surface area contributed by atoms with E-state index in [1.807, 2.05) is 16.2 Å². The SMILES string of the molecule is O=C(c1ccc(=O)[nH]c1)N1CCC(c2nc3c(s2)CCCC3)CC1. The first-order chi connectivity index (χ1) is 11.7. The molecule has 4 rings (SSSR count). The predicted molar refractivity (Wildman–Crippen MR) is 93.7 cm³/mol. The number of aromatic amines is 1. The summed E-state index contributed by atoms with van der Waals surface area (Å²) in [6, 6.07) is 3.00. The van der Waals surface area contributed by atoms with Crippen molar-refractivity contribution in [3.05, 3.63) is 49.8 Å². The van der Waals surface area contributed by atoms with Crippen LogP contribution in [-0.2, 0) is 12.8 Å². The molecule has 2 aliphatic rings. The Balaban J connectivity index is 1.41. The monoisotopic (exact) mass is 343 g/mol. The number of hydrogen-bond acceptors (Lipinski definition) is 4.